The number of amides is 1. The highest BCUT2D eigenvalue weighted by Gasteiger charge is 2.33. The molecule has 1 atom stereocenters. The molecule has 2 fully saturated rings. The van der Waals surface area contributed by atoms with E-state index in [1.54, 1.807) is 0 Å². The lowest BCUT2D eigenvalue weighted by Gasteiger charge is -2.32. The third kappa shape index (κ3) is 4.15. The standard InChI is InChI=1S/C24H29N5O3S/c1-16-4-6-18(7-5-16)20-14-21-22(23(26-20)24(30)28-11-9-27(3)10-12-28)25-17(2)29(21)19-8-13-33(31,32)15-19/h4-7,14,19H,8-13,15H2,1-3H3. The second-order valence-electron chi connectivity index (χ2n) is 9.27. The quantitative estimate of drug-likeness (QED) is 0.588. The van der Waals surface area contributed by atoms with Gasteiger partial charge in [0.1, 0.15) is 11.3 Å². The summed E-state index contributed by atoms with van der Waals surface area (Å²) < 4.78 is 26.4. The normalized spacial score (nSPS) is 21.1. The maximum absolute atomic E-state index is 13.6. The average molecular weight is 468 g/mol. The van der Waals surface area contributed by atoms with Crippen molar-refractivity contribution in [2.24, 2.45) is 0 Å². The zero-order valence-corrected chi connectivity index (χ0v) is 20.1. The fourth-order valence-corrected chi connectivity index (χ4v) is 6.53. The predicted octanol–water partition coefficient (Wildman–Crippen LogP) is 2.46. The molecule has 2 saturated heterocycles. The lowest BCUT2D eigenvalue weighted by molar-refractivity contribution is 0.0660. The van der Waals surface area contributed by atoms with Gasteiger partial charge in [-0.1, -0.05) is 29.8 Å². The molecule has 8 nitrogen and oxygen atoms in total. The number of rotatable bonds is 3. The minimum Gasteiger partial charge on any atom is -0.335 e. The van der Waals surface area contributed by atoms with E-state index in [-0.39, 0.29) is 23.5 Å². The molecular formula is C24H29N5O3S. The molecule has 1 amide bonds. The number of nitrogens with zero attached hydrogens (tertiary/aromatic N) is 5. The number of carbonyl (C=O) groups is 1. The Morgan fingerprint density at radius 2 is 1.73 bits per heavy atom. The number of pyridine rings is 1. The van der Waals surface area contributed by atoms with Crippen LogP contribution in [0, 0.1) is 13.8 Å². The summed E-state index contributed by atoms with van der Waals surface area (Å²) >= 11 is 0. The van der Waals surface area contributed by atoms with Gasteiger partial charge in [0.15, 0.2) is 15.5 Å². The number of piperazine rings is 1. The molecule has 5 rings (SSSR count). The van der Waals surface area contributed by atoms with Crippen LogP contribution in [-0.2, 0) is 9.84 Å². The molecule has 0 aliphatic carbocycles. The van der Waals surface area contributed by atoms with E-state index >= 15 is 0 Å². The number of carbonyl (C=O) groups excluding carboxylic acids is 1. The van der Waals surface area contributed by atoms with Crippen LogP contribution in [0.15, 0.2) is 30.3 Å². The minimum absolute atomic E-state index is 0.100. The highest BCUT2D eigenvalue weighted by atomic mass is 32.2. The van der Waals surface area contributed by atoms with Crippen LogP contribution in [0.2, 0.25) is 0 Å². The molecule has 0 saturated carbocycles. The number of aromatic nitrogens is 3. The Bertz CT molecular complexity index is 1320. The molecule has 4 heterocycles. The first-order valence-electron chi connectivity index (χ1n) is 11.4. The SMILES string of the molecule is Cc1ccc(-c2cc3c(nc(C)n3C3CCS(=O)(=O)C3)c(C(=O)N3CCN(C)CC3)n2)cc1. The summed E-state index contributed by atoms with van der Waals surface area (Å²) in [6, 6.07) is 9.82. The van der Waals surface area contributed by atoms with Gasteiger partial charge in [-0.05, 0) is 33.4 Å². The van der Waals surface area contributed by atoms with E-state index in [0.717, 1.165) is 29.7 Å². The van der Waals surface area contributed by atoms with Crippen LogP contribution < -0.4 is 0 Å². The van der Waals surface area contributed by atoms with Gasteiger partial charge in [-0.25, -0.2) is 18.4 Å². The Kier molecular flexibility index (Phi) is 5.49. The Morgan fingerprint density at radius 3 is 2.36 bits per heavy atom. The first kappa shape index (κ1) is 22.0. The number of imidazole rings is 1. The van der Waals surface area contributed by atoms with Crippen molar-refractivity contribution < 1.29 is 13.2 Å². The van der Waals surface area contributed by atoms with Crippen LogP contribution in [-0.4, -0.2) is 83.4 Å². The Morgan fingerprint density at radius 1 is 1.03 bits per heavy atom. The van der Waals surface area contributed by atoms with Gasteiger partial charge in [0.25, 0.3) is 5.91 Å². The molecule has 2 aliphatic heterocycles. The van der Waals surface area contributed by atoms with Crippen molar-refractivity contribution in [1.29, 1.82) is 0 Å². The monoisotopic (exact) mass is 467 g/mol. The highest BCUT2D eigenvalue weighted by Crippen LogP contribution is 2.33. The van der Waals surface area contributed by atoms with E-state index in [1.807, 2.05) is 53.6 Å². The molecule has 0 spiro atoms. The number of sulfone groups is 1. The zero-order valence-electron chi connectivity index (χ0n) is 19.3. The van der Waals surface area contributed by atoms with Crippen LogP contribution in [0.3, 0.4) is 0 Å². The summed E-state index contributed by atoms with van der Waals surface area (Å²) in [6.45, 7) is 6.84. The molecule has 3 aromatic rings. The van der Waals surface area contributed by atoms with Gasteiger partial charge in [-0.2, -0.15) is 0 Å². The van der Waals surface area contributed by atoms with Gasteiger partial charge in [-0.15, -0.1) is 0 Å². The molecule has 1 unspecified atom stereocenters. The number of hydrogen-bond donors (Lipinski definition) is 0. The van der Waals surface area contributed by atoms with Crippen molar-refractivity contribution in [3.8, 4) is 11.3 Å². The van der Waals surface area contributed by atoms with Crippen molar-refractivity contribution in [2.75, 3.05) is 44.7 Å². The summed E-state index contributed by atoms with van der Waals surface area (Å²) in [6.07, 6.45) is 0.554. The summed E-state index contributed by atoms with van der Waals surface area (Å²) in [5.41, 5.74) is 4.43. The second kappa shape index (κ2) is 8.22. The van der Waals surface area contributed by atoms with Crippen molar-refractivity contribution in [3.05, 3.63) is 47.4 Å². The Balaban J connectivity index is 1.67. The molecule has 0 N–H and O–H groups in total. The zero-order chi connectivity index (χ0) is 23.3. The molecule has 33 heavy (non-hydrogen) atoms. The van der Waals surface area contributed by atoms with E-state index in [0.29, 0.717) is 42.2 Å². The second-order valence-corrected chi connectivity index (χ2v) is 11.5. The van der Waals surface area contributed by atoms with E-state index in [4.69, 9.17) is 9.97 Å². The number of fused-ring (bicyclic) bond motifs is 1. The number of hydrogen-bond acceptors (Lipinski definition) is 6. The number of benzene rings is 1. The average Bonchev–Trinajstić information content (AvgIpc) is 3.31. The van der Waals surface area contributed by atoms with Gasteiger partial charge in [0.05, 0.1) is 28.8 Å². The number of likely N-dealkylation sites (N-methyl/N-ethyl adjacent to an activating group) is 1. The predicted molar refractivity (Wildman–Crippen MR) is 128 cm³/mol. The maximum atomic E-state index is 13.6. The van der Waals surface area contributed by atoms with E-state index in [1.165, 1.54) is 0 Å². The maximum Gasteiger partial charge on any atom is 0.274 e. The Labute approximate surface area is 194 Å². The smallest absolute Gasteiger partial charge is 0.274 e. The van der Waals surface area contributed by atoms with Crippen LogP contribution in [0.5, 0.6) is 0 Å². The summed E-state index contributed by atoms with van der Waals surface area (Å²) in [4.78, 5) is 27.2. The summed E-state index contributed by atoms with van der Waals surface area (Å²) in [5.74, 6) is 0.872. The largest absolute Gasteiger partial charge is 0.335 e. The van der Waals surface area contributed by atoms with Gasteiger partial charge in [-0.3, -0.25) is 4.79 Å². The molecule has 0 bridgehead atoms. The van der Waals surface area contributed by atoms with E-state index in [9.17, 15) is 13.2 Å². The number of aryl methyl sites for hydroxylation is 2. The topological polar surface area (TPSA) is 88.4 Å². The highest BCUT2D eigenvalue weighted by molar-refractivity contribution is 7.91. The minimum atomic E-state index is -3.07. The van der Waals surface area contributed by atoms with Crippen LogP contribution >= 0.6 is 0 Å². The molecular weight excluding hydrogens is 438 g/mol. The summed E-state index contributed by atoms with van der Waals surface area (Å²) in [7, 11) is -1.01. The molecule has 9 heteroatoms. The molecule has 1 aromatic carbocycles. The van der Waals surface area contributed by atoms with Crippen LogP contribution in [0.4, 0.5) is 0 Å². The first-order valence-corrected chi connectivity index (χ1v) is 13.2. The van der Waals surface area contributed by atoms with Crippen molar-refractivity contribution in [3.63, 3.8) is 0 Å². The van der Waals surface area contributed by atoms with Crippen molar-refractivity contribution in [2.45, 2.75) is 26.3 Å². The lowest BCUT2D eigenvalue weighted by Crippen LogP contribution is -2.47. The fourth-order valence-electron chi connectivity index (χ4n) is 4.83. The fraction of sp³-hybridized carbons (Fsp3) is 0.458. The van der Waals surface area contributed by atoms with E-state index < -0.39 is 9.84 Å². The first-order chi connectivity index (χ1) is 15.7. The molecule has 0 radical (unpaired) electrons. The Hall–Kier alpha value is -2.78. The van der Waals surface area contributed by atoms with Crippen LogP contribution in [0.1, 0.15) is 34.3 Å². The third-order valence-corrected chi connectivity index (χ3v) is 8.52. The molecule has 174 valence electrons. The van der Waals surface area contributed by atoms with Gasteiger partial charge in [0, 0.05) is 31.7 Å². The van der Waals surface area contributed by atoms with Crippen molar-refractivity contribution >= 4 is 26.8 Å². The van der Waals surface area contributed by atoms with Gasteiger partial charge < -0.3 is 14.4 Å². The van der Waals surface area contributed by atoms with Crippen LogP contribution in [0.25, 0.3) is 22.3 Å². The molecule has 2 aliphatic rings. The van der Waals surface area contributed by atoms with Gasteiger partial charge in [0.2, 0.25) is 0 Å². The molecule has 2 aromatic heterocycles. The van der Waals surface area contributed by atoms with E-state index in [2.05, 4.69) is 11.9 Å². The van der Waals surface area contributed by atoms with Crippen molar-refractivity contribution in [1.82, 2.24) is 24.3 Å². The lowest BCUT2D eigenvalue weighted by atomic mass is 10.1. The van der Waals surface area contributed by atoms with Gasteiger partial charge >= 0.3 is 0 Å². The summed E-state index contributed by atoms with van der Waals surface area (Å²) in [5, 5.41) is 0. The third-order valence-electron chi connectivity index (χ3n) is 6.77.